The quantitative estimate of drug-likeness (QED) is 0.736. The van der Waals surface area contributed by atoms with Crippen molar-refractivity contribution < 1.29 is 19.1 Å². The molecule has 3 amide bonds. The highest BCUT2D eigenvalue weighted by Crippen LogP contribution is 2.28. The number of carbonyl (C=O) groups is 3. The third-order valence-electron chi connectivity index (χ3n) is 6.62. The SMILES string of the molecule is COc1ccc(CNC(=O)C2CCN(C(=O)[C@@H]3CC(=O)N(c4ccc(C)cc4)C3)CC2)cc1. The van der Waals surface area contributed by atoms with E-state index in [1.54, 1.807) is 12.0 Å². The Bertz CT molecular complexity index is 995. The van der Waals surface area contributed by atoms with Crippen LogP contribution in [0.15, 0.2) is 48.5 Å². The van der Waals surface area contributed by atoms with E-state index in [-0.39, 0.29) is 36.0 Å². The molecule has 0 aliphatic carbocycles. The number of anilines is 1. The molecule has 2 aromatic rings. The van der Waals surface area contributed by atoms with E-state index in [0.29, 0.717) is 39.0 Å². The molecule has 174 valence electrons. The number of benzene rings is 2. The Hall–Kier alpha value is -3.35. The van der Waals surface area contributed by atoms with E-state index in [2.05, 4.69) is 5.32 Å². The number of ether oxygens (including phenoxy) is 1. The number of nitrogens with zero attached hydrogens (tertiary/aromatic N) is 2. The molecule has 33 heavy (non-hydrogen) atoms. The van der Waals surface area contributed by atoms with Gasteiger partial charge in [-0.1, -0.05) is 29.8 Å². The third kappa shape index (κ3) is 5.35. The van der Waals surface area contributed by atoms with Crippen molar-refractivity contribution in [3.05, 3.63) is 59.7 Å². The molecular formula is C26H31N3O4. The maximum atomic E-state index is 13.1. The monoisotopic (exact) mass is 449 g/mol. The van der Waals surface area contributed by atoms with Gasteiger partial charge in [0.2, 0.25) is 17.7 Å². The van der Waals surface area contributed by atoms with Gasteiger partial charge in [-0.3, -0.25) is 14.4 Å². The summed E-state index contributed by atoms with van der Waals surface area (Å²) in [7, 11) is 1.62. The number of piperidine rings is 1. The Balaban J connectivity index is 1.25. The van der Waals surface area contributed by atoms with E-state index in [1.807, 2.05) is 60.4 Å². The zero-order valence-electron chi connectivity index (χ0n) is 19.3. The highest BCUT2D eigenvalue weighted by atomic mass is 16.5. The third-order valence-corrected chi connectivity index (χ3v) is 6.62. The number of nitrogens with one attached hydrogen (secondary N) is 1. The molecule has 7 nitrogen and oxygen atoms in total. The molecule has 2 aliphatic rings. The first-order valence-electron chi connectivity index (χ1n) is 11.5. The molecule has 1 N–H and O–H groups in total. The summed E-state index contributed by atoms with van der Waals surface area (Å²) < 4.78 is 5.15. The molecule has 2 aliphatic heterocycles. The van der Waals surface area contributed by atoms with Crippen molar-refractivity contribution >= 4 is 23.4 Å². The van der Waals surface area contributed by atoms with E-state index < -0.39 is 0 Å². The van der Waals surface area contributed by atoms with Crippen LogP contribution >= 0.6 is 0 Å². The number of hydrogen-bond donors (Lipinski definition) is 1. The molecule has 2 saturated heterocycles. The number of likely N-dealkylation sites (tertiary alicyclic amines) is 1. The zero-order chi connectivity index (χ0) is 23.4. The largest absolute Gasteiger partial charge is 0.497 e. The van der Waals surface area contributed by atoms with Crippen molar-refractivity contribution in [2.24, 2.45) is 11.8 Å². The fourth-order valence-corrected chi connectivity index (χ4v) is 4.54. The van der Waals surface area contributed by atoms with Gasteiger partial charge >= 0.3 is 0 Å². The Morgan fingerprint density at radius 3 is 2.30 bits per heavy atom. The van der Waals surface area contributed by atoms with Crippen molar-refractivity contribution in [2.75, 3.05) is 31.6 Å². The maximum Gasteiger partial charge on any atom is 0.228 e. The summed E-state index contributed by atoms with van der Waals surface area (Å²) in [6, 6.07) is 15.4. The molecule has 1 atom stereocenters. The molecule has 4 rings (SSSR count). The van der Waals surface area contributed by atoms with Crippen LogP contribution in [0.3, 0.4) is 0 Å². The van der Waals surface area contributed by atoms with Gasteiger partial charge in [-0.25, -0.2) is 0 Å². The molecule has 2 fully saturated rings. The van der Waals surface area contributed by atoms with Crippen molar-refractivity contribution in [3.63, 3.8) is 0 Å². The van der Waals surface area contributed by atoms with Crippen LogP contribution < -0.4 is 15.0 Å². The lowest BCUT2D eigenvalue weighted by Crippen LogP contribution is -2.45. The molecular weight excluding hydrogens is 418 g/mol. The summed E-state index contributed by atoms with van der Waals surface area (Å²) >= 11 is 0. The van der Waals surface area contributed by atoms with Gasteiger partial charge in [0.25, 0.3) is 0 Å². The minimum atomic E-state index is -0.320. The van der Waals surface area contributed by atoms with Gasteiger partial charge < -0.3 is 19.9 Å². The van der Waals surface area contributed by atoms with E-state index >= 15 is 0 Å². The average molecular weight is 450 g/mol. The fraction of sp³-hybridized carbons (Fsp3) is 0.423. The second-order valence-corrected chi connectivity index (χ2v) is 8.91. The fourth-order valence-electron chi connectivity index (χ4n) is 4.54. The van der Waals surface area contributed by atoms with E-state index in [0.717, 1.165) is 22.6 Å². The van der Waals surface area contributed by atoms with Gasteiger partial charge in [0.05, 0.1) is 13.0 Å². The van der Waals surface area contributed by atoms with Crippen molar-refractivity contribution in [2.45, 2.75) is 32.7 Å². The molecule has 0 aromatic heterocycles. The normalized spacial score (nSPS) is 19.0. The van der Waals surface area contributed by atoms with Gasteiger partial charge in [0, 0.05) is 44.2 Å². The van der Waals surface area contributed by atoms with Gasteiger partial charge in [0.1, 0.15) is 5.75 Å². The zero-order valence-corrected chi connectivity index (χ0v) is 19.3. The predicted molar refractivity (Wildman–Crippen MR) is 126 cm³/mol. The van der Waals surface area contributed by atoms with Crippen LogP contribution in [-0.4, -0.2) is 49.4 Å². The van der Waals surface area contributed by atoms with Crippen LogP contribution in [0.4, 0.5) is 5.69 Å². The summed E-state index contributed by atoms with van der Waals surface area (Å²) in [5, 5.41) is 3.00. The molecule has 0 unspecified atom stereocenters. The first-order chi connectivity index (χ1) is 15.9. The number of carbonyl (C=O) groups excluding carboxylic acids is 3. The van der Waals surface area contributed by atoms with E-state index in [4.69, 9.17) is 4.74 Å². The van der Waals surface area contributed by atoms with Gasteiger partial charge in [-0.15, -0.1) is 0 Å². The minimum absolute atomic E-state index is 0.00926. The average Bonchev–Trinajstić information content (AvgIpc) is 3.24. The number of rotatable bonds is 6. The topological polar surface area (TPSA) is 79.0 Å². The second-order valence-electron chi connectivity index (χ2n) is 8.91. The number of methoxy groups -OCH3 is 1. The van der Waals surface area contributed by atoms with Crippen LogP contribution in [-0.2, 0) is 20.9 Å². The lowest BCUT2D eigenvalue weighted by molar-refractivity contribution is -0.139. The first-order valence-corrected chi connectivity index (χ1v) is 11.5. The maximum absolute atomic E-state index is 13.1. The lowest BCUT2D eigenvalue weighted by Gasteiger charge is -2.33. The first kappa shape index (κ1) is 22.8. The van der Waals surface area contributed by atoms with Crippen LogP contribution in [0.5, 0.6) is 5.75 Å². The van der Waals surface area contributed by atoms with Gasteiger partial charge in [0.15, 0.2) is 0 Å². The van der Waals surface area contributed by atoms with Crippen LogP contribution in [0.1, 0.15) is 30.4 Å². The summed E-state index contributed by atoms with van der Waals surface area (Å²) in [5.74, 6) is 0.411. The van der Waals surface area contributed by atoms with Gasteiger partial charge in [-0.2, -0.15) is 0 Å². The minimum Gasteiger partial charge on any atom is -0.497 e. The predicted octanol–water partition coefficient (Wildman–Crippen LogP) is 2.91. The smallest absolute Gasteiger partial charge is 0.228 e. The summed E-state index contributed by atoms with van der Waals surface area (Å²) in [6.07, 6.45) is 1.53. The van der Waals surface area contributed by atoms with Crippen molar-refractivity contribution in [1.29, 1.82) is 0 Å². The van der Waals surface area contributed by atoms with Crippen LogP contribution in [0.25, 0.3) is 0 Å². The Morgan fingerprint density at radius 2 is 1.67 bits per heavy atom. The van der Waals surface area contributed by atoms with Crippen LogP contribution in [0.2, 0.25) is 0 Å². The standard InChI is InChI=1S/C26H31N3O4/c1-18-3-7-22(8-4-18)29-17-21(15-24(29)30)26(32)28-13-11-20(12-14-28)25(31)27-16-19-5-9-23(33-2)10-6-19/h3-10,20-21H,11-17H2,1-2H3,(H,27,31)/t21-/m1/s1. The molecule has 0 saturated carbocycles. The Morgan fingerprint density at radius 1 is 1.00 bits per heavy atom. The number of aryl methyl sites for hydroxylation is 1. The highest BCUT2D eigenvalue weighted by molar-refractivity contribution is 6.00. The molecule has 2 heterocycles. The molecule has 2 aromatic carbocycles. The number of hydrogen-bond acceptors (Lipinski definition) is 4. The Kier molecular flexibility index (Phi) is 6.96. The van der Waals surface area contributed by atoms with Gasteiger partial charge in [-0.05, 0) is 49.6 Å². The van der Waals surface area contributed by atoms with Crippen molar-refractivity contribution in [3.8, 4) is 5.75 Å². The van der Waals surface area contributed by atoms with E-state index in [1.165, 1.54) is 0 Å². The molecule has 7 heteroatoms. The second kappa shape index (κ2) is 10.1. The molecule has 0 spiro atoms. The van der Waals surface area contributed by atoms with Crippen LogP contribution in [0, 0.1) is 18.8 Å². The summed E-state index contributed by atoms with van der Waals surface area (Å²) in [6.45, 7) is 4.00. The Labute approximate surface area is 194 Å². The molecule has 0 bridgehead atoms. The highest BCUT2D eigenvalue weighted by Gasteiger charge is 2.38. The van der Waals surface area contributed by atoms with E-state index in [9.17, 15) is 14.4 Å². The molecule has 0 radical (unpaired) electrons. The lowest BCUT2D eigenvalue weighted by atomic mass is 9.94. The summed E-state index contributed by atoms with van der Waals surface area (Å²) in [5.41, 5.74) is 2.99. The van der Waals surface area contributed by atoms with Crippen molar-refractivity contribution in [1.82, 2.24) is 10.2 Å². The number of amides is 3. The summed E-state index contributed by atoms with van der Waals surface area (Å²) in [4.78, 5) is 41.7.